The van der Waals surface area contributed by atoms with E-state index in [0.717, 1.165) is 6.07 Å². The van der Waals surface area contributed by atoms with Gasteiger partial charge in [-0.05, 0) is 25.1 Å². The highest BCUT2D eigenvalue weighted by atomic mass is 19.4. The molecule has 1 aromatic carbocycles. The van der Waals surface area contributed by atoms with Gasteiger partial charge in [0.05, 0.1) is 17.2 Å². The molecule has 0 aliphatic rings. The fourth-order valence-electron chi connectivity index (χ4n) is 1.21. The summed E-state index contributed by atoms with van der Waals surface area (Å²) in [6, 6.07) is 3.16. The molecule has 0 bridgehead atoms. The zero-order valence-electron chi connectivity index (χ0n) is 9.43. The van der Waals surface area contributed by atoms with E-state index in [1.165, 1.54) is 6.07 Å². The molecule has 1 unspecified atom stereocenters. The zero-order chi connectivity index (χ0) is 14.8. The Morgan fingerprint density at radius 1 is 1.16 bits per heavy atom. The molecule has 0 heterocycles. The first-order valence-corrected chi connectivity index (χ1v) is 4.90. The number of alkyl halides is 6. The number of nitriles is 1. The third-order valence-corrected chi connectivity index (χ3v) is 2.19. The predicted octanol–water partition coefficient (Wildman–Crippen LogP) is 3.91. The van der Waals surface area contributed by atoms with E-state index < -0.39 is 35.3 Å². The van der Waals surface area contributed by atoms with Gasteiger partial charge in [0.1, 0.15) is 5.75 Å². The molecule has 0 fully saturated rings. The Morgan fingerprint density at radius 3 is 2.16 bits per heavy atom. The predicted molar refractivity (Wildman–Crippen MR) is 52.3 cm³/mol. The summed E-state index contributed by atoms with van der Waals surface area (Å²) in [7, 11) is 0. The molecule has 1 atom stereocenters. The number of ether oxygens (including phenoxy) is 1. The van der Waals surface area contributed by atoms with Crippen molar-refractivity contribution in [2.45, 2.75) is 25.4 Å². The highest BCUT2D eigenvalue weighted by Crippen LogP contribution is 2.34. The summed E-state index contributed by atoms with van der Waals surface area (Å²) in [5, 5.41) is 8.57. The molecule has 0 radical (unpaired) electrons. The van der Waals surface area contributed by atoms with Crippen molar-refractivity contribution in [3.8, 4) is 11.8 Å². The van der Waals surface area contributed by atoms with E-state index in [0.29, 0.717) is 19.1 Å². The third-order valence-electron chi connectivity index (χ3n) is 2.19. The lowest BCUT2D eigenvalue weighted by Gasteiger charge is -2.18. The van der Waals surface area contributed by atoms with Gasteiger partial charge in [-0.2, -0.15) is 31.6 Å². The smallest absolute Gasteiger partial charge is 0.425 e. The van der Waals surface area contributed by atoms with Gasteiger partial charge in [-0.3, -0.25) is 0 Å². The van der Waals surface area contributed by atoms with Gasteiger partial charge in [0, 0.05) is 0 Å². The van der Waals surface area contributed by atoms with Crippen molar-refractivity contribution in [3.05, 3.63) is 29.3 Å². The maximum Gasteiger partial charge on any atom is 0.425 e. The number of benzene rings is 1. The molecule has 0 aliphatic carbocycles. The van der Waals surface area contributed by atoms with Crippen LogP contribution in [-0.4, -0.2) is 12.3 Å². The quantitative estimate of drug-likeness (QED) is 0.771. The molecule has 0 spiro atoms. The molecule has 0 aliphatic heterocycles. The van der Waals surface area contributed by atoms with E-state index >= 15 is 0 Å². The summed E-state index contributed by atoms with van der Waals surface area (Å²) >= 11 is 0. The maximum atomic E-state index is 12.4. The van der Waals surface area contributed by atoms with E-state index in [4.69, 9.17) is 5.26 Å². The van der Waals surface area contributed by atoms with Crippen molar-refractivity contribution < 1.29 is 31.1 Å². The minimum absolute atomic E-state index is 0.450. The Morgan fingerprint density at radius 2 is 1.74 bits per heavy atom. The average Bonchev–Trinajstić information content (AvgIpc) is 2.26. The number of hydrogen-bond acceptors (Lipinski definition) is 2. The lowest BCUT2D eigenvalue weighted by Crippen LogP contribution is -2.31. The van der Waals surface area contributed by atoms with Gasteiger partial charge in [0.25, 0.3) is 0 Å². The average molecular weight is 283 g/mol. The Hall–Kier alpha value is -1.91. The topological polar surface area (TPSA) is 33.0 Å². The van der Waals surface area contributed by atoms with Crippen LogP contribution < -0.4 is 4.74 Å². The van der Waals surface area contributed by atoms with Gasteiger partial charge in [-0.15, -0.1) is 0 Å². The molecule has 0 amide bonds. The third kappa shape index (κ3) is 3.77. The van der Waals surface area contributed by atoms with Gasteiger partial charge >= 0.3 is 12.4 Å². The van der Waals surface area contributed by atoms with Crippen LogP contribution in [0.15, 0.2) is 18.2 Å². The van der Waals surface area contributed by atoms with Gasteiger partial charge in [0.2, 0.25) is 0 Å². The summed E-state index contributed by atoms with van der Waals surface area (Å²) in [5.74, 6) is -0.450. The van der Waals surface area contributed by atoms with E-state index in [-0.39, 0.29) is 0 Å². The van der Waals surface area contributed by atoms with Crippen LogP contribution in [0.1, 0.15) is 18.1 Å². The molecule has 0 saturated carbocycles. The fourth-order valence-corrected chi connectivity index (χ4v) is 1.21. The van der Waals surface area contributed by atoms with Gasteiger partial charge in [-0.25, -0.2) is 0 Å². The number of halogens is 6. The second-order valence-corrected chi connectivity index (χ2v) is 3.62. The normalized spacial score (nSPS) is 13.8. The van der Waals surface area contributed by atoms with Gasteiger partial charge < -0.3 is 4.74 Å². The molecular weight excluding hydrogens is 276 g/mol. The lowest BCUT2D eigenvalue weighted by atomic mass is 10.1. The highest BCUT2D eigenvalue weighted by Gasteiger charge is 2.38. The van der Waals surface area contributed by atoms with Crippen LogP contribution >= 0.6 is 0 Å². The standard InChI is InChI=1S/C11H7F6NO/c1-6(10(12,13)14)19-8-2-3-9(11(15,16)17)7(4-8)5-18/h2-4,6H,1H3. The zero-order valence-corrected chi connectivity index (χ0v) is 9.43. The van der Waals surface area contributed by atoms with E-state index in [1.54, 1.807) is 0 Å². The van der Waals surface area contributed by atoms with Crippen LogP contribution in [0.25, 0.3) is 0 Å². The monoisotopic (exact) mass is 283 g/mol. The fraction of sp³-hybridized carbons (Fsp3) is 0.364. The van der Waals surface area contributed by atoms with Crippen molar-refractivity contribution in [2.75, 3.05) is 0 Å². The van der Waals surface area contributed by atoms with Gasteiger partial charge in [-0.1, -0.05) is 0 Å². The molecule has 0 saturated heterocycles. The minimum atomic E-state index is -4.75. The Labute approximate surface area is 104 Å². The van der Waals surface area contributed by atoms with Crippen molar-refractivity contribution in [1.29, 1.82) is 5.26 Å². The summed E-state index contributed by atoms with van der Waals surface area (Å²) in [6.45, 7) is 0.712. The summed E-state index contributed by atoms with van der Waals surface area (Å²) in [4.78, 5) is 0. The molecule has 1 aromatic rings. The van der Waals surface area contributed by atoms with Crippen molar-refractivity contribution >= 4 is 0 Å². The summed E-state index contributed by atoms with van der Waals surface area (Å²) in [5.41, 5.74) is -2.01. The molecule has 104 valence electrons. The molecular formula is C11H7F6NO. The Balaban J connectivity index is 3.06. The summed E-state index contributed by atoms with van der Waals surface area (Å²) < 4.78 is 78.4. The molecule has 0 N–H and O–H groups in total. The van der Waals surface area contributed by atoms with Crippen LogP contribution in [0.3, 0.4) is 0 Å². The van der Waals surface area contributed by atoms with Crippen LogP contribution in [0.5, 0.6) is 5.75 Å². The van der Waals surface area contributed by atoms with Crippen molar-refractivity contribution in [3.63, 3.8) is 0 Å². The first kappa shape index (κ1) is 15.1. The Kier molecular flexibility index (Phi) is 3.98. The maximum absolute atomic E-state index is 12.4. The van der Waals surface area contributed by atoms with Crippen molar-refractivity contribution in [2.24, 2.45) is 0 Å². The largest absolute Gasteiger partial charge is 0.481 e. The van der Waals surface area contributed by atoms with E-state index in [1.807, 2.05) is 0 Å². The van der Waals surface area contributed by atoms with Crippen LogP contribution in [0, 0.1) is 11.3 Å². The molecule has 2 nitrogen and oxygen atoms in total. The highest BCUT2D eigenvalue weighted by molar-refractivity contribution is 5.44. The first-order valence-electron chi connectivity index (χ1n) is 4.90. The van der Waals surface area contributed by atoms with E-state index in [9.17, 15) is 26.3 Å². The van der Waals surface area contributed by atoms with Crippen LogP contribution in [-0.2, 0) is 6.18 Å². The molecule has 1 rings (SSSR count). The molecule has 0 aromatic heterocycles. The van der Waals surface area contributed by atoms with Crippen LogP contribution in [0.4, 0.5) is 26.3 Å². The number of hydrogen-bond donors (Lipinski definition) is 0. The molecule has 8 heteroatoms. The number of rotatable bonds is 2. The second kappa shape index (κ2) is 4.99. The SMILES string of the molecule is CC(Oc1ccc(C(F)(F)F)c(C#N)c1)C(F)(F)F. The first-order chi connectivity index (χ1) is 8.55. The van der Waals surface area contributed by atoms with Gasteiger partial charge in [0.15, 0.2) is 6.10 Å². The second-order valence-electron chi connectivity index (χ2n) is 3.62. The number of nitrogens with zero attached hydrogens (tertiary/aromatic N) is 1. The summed E-state index contributed by atoms with van der Waals surface area (Å²) in [6.07, 6.45) is -11.6. The lowest BCUT2D eigenvalue weighted by molar-refractivity contribution is -0.189. The van der Waals surface area contributed by atoms with Crippen molar-refractivity contribution in [1.82, 2.24) is 0 Å². The minimum Gasteiger partial charge on any atom is -0.481 e. The molecule has 19 heavy (non-hydrogen) atoms. The van der Waals surface area contributed by atoms with Crippen LogP contribution in [0.2, 0.25) is 0 Å². The Bertz CT molecular complexity index is 499. The van der Waals surface area contributed by atoms with E-state index in [2.05, 4.69) is 4.74 Å².